The van der Waals surface area contributed by atoms with Crippen molar-refractivity contribution in [1.29, 1.82) is 0 Å². The van der Waals surface area contributed by atoms with E-state index in [1.54, 1.807) is 0 Å². The van der Waals surface area contributed by atoms with Crippen LogP contribution in [0.4, 0.5) is 4.39 Å². The largest absolute Gasteiger partial charge is 0.352 e. The highest BCUT2D eigenvalue weighted by Gasteiger charge is 2.22. The predicted octanol–water partition coefficient (Wildman–Crippen LogP) is 1.77. The standard InChI is InChI=1S/C12H14BrFN2O3S/c13-9-6-10(14)11(20(15,18)19)5-8(9)12(17)16-4-3-7-1-2-7/h5-7H,1-4H2,(H,16,17)(H2,15,18,19). The Hall–Kier alpha value is -0.990. The summed E-state index contributed by atoms with van der Waals surface area (Å²) in [6, 6.07) is 1.87. The number of hydrogen-bond acceptors (Lipinski definition) is 3. The van der Waals surface area contributed by atoms with Gasteiger partial charge in [-0.15, -0.1) is 0 Å². The molecule has 2 rings (SSSR count). The number of nitrogens with two attached hydrogens (primary N) is 1. The first-order valence-corrected chi connectivity index (χ1v) is 8.43. The first kappa shape index (κ1) is 15.4. The quantitative estimate of drug-likeness (QED) is 0.833. The van der Waals surface area contributed by atoms with Gasteiger partial charge in [0, 0.05) is 11.0 Å². The Balaban J connectivity index is 2.19. The molecule has 1 saturated carbocycles. The number of hydrogen-bond donors (Lipinski definition) is 2. The summed E-state index contributed by atoms with van der Waals surface area (Å²) in [4.78, 5) is 11.3. The number of carbonyl (C=O) groups excluding carboxylic acids is 1. The molecule has 0 saturated heterocycles. The van der Waals surface area contributed by atoms with Crippen molar-refractivity contribution in [2.75, 3.05) is 6.54 Å². The first-order valence-electron chi connectivity index (χ1n) is 6.09. The molecule has 0 spiro atoms. The fourth-order valence-corrected chi connectivity index (χ4v) is 2.92. The summed E-state index contributed by atoms with van der Waals surface area (Å²) < 4.78 is 36.2. The molecule has 1 fully saturated rings. The highest BCUT2D eigenvalue weighted by atomic mass is 79.9. The minimum absolute atomic E-state index is 0.0474. The zero-order valence-electron chi connectivity index (χ0n) is 10.5. The fourth-order valence-electron chi connectivity index (χ4n) is 1.81. The Morgan fingerprint density at radius 3 is 2.65 bits per heavy atom. The molecule has 0 aromatic heterocycles. The molecule has 0 radical (unpaired) electrons. The van der Waals surface area contributed by atoms with Crippen LogP contribution in [0.15, 0.2) is 21.5 Å². The van der Waals surface area contributed by atoms with Crippen molar-refractivity contribution in [2.45, 2.75) is 24.2 Å². The van der Waals surface area contributed by atoms with Crippen molar-refractivity contribution < 1.29 is 17.6 Å². The number of benzene rings is 1. The van der Waals surface area contributed by atoms with Crippen LogP contribution in [0, 0.1) is 11.7 Å². The van der Waals surface area contributed by atoms with E-state index in [2.05, 4.69) is 21.2 Å². The van der Waals surface area contributed by atoms with Crippen molar-refractivity contribution in [3.8, 4) is 0 Å². The molecular formula is C12H14BrFN2O3S. The van der Waals surface area contributed by atoms with Crippen LogP contribution in [-0.2, 0) is 10.0 Å². The molecule has 1 aliphatic rings. The Kier molecular flexibility index (Phi) is 4.46. The number of carbonyl (C=O) groups is 1. The van der Waals surface area contributed by atoms with Crippen LogP contribution in [0.25, 0.3) is 0 Å². The van der Waals surface area contributed by atoms with Gasteiger partial charge in [-0.1, -0.05) is 12.8 Å². The smallest absolute Gasteiger partial charge is 0.252 e. The summed E-state index contributed by atoms with van der Waals surface area (Å²) in [6.07, 6.45) is 3.27. The fraction of sp³-hybridized carbons (Fsp3) is 0.417. The number of primary sulfonamides is 1. The number of nitrogens with one attached hydrogen (secondary N) is 1. The highest BCUT2D eigenvalue weighted by Crippen LogP contribution is 2.31. The lowest BCUT2D eigenvalue weighted by atomic mass is 10.2. The van der Waals surface area contributed by atoms with Gasteiger partial charge in [-0.25, -0.2) is 17.9 Å². The molecule has 1 aliphatic carbocycles. The number of halogens is 2. The van der Waals surface area contributed by atoms with Gasteiger partial charge in [-0.2, -0.15) is 0 Å². The average molecular weight is 365 g/mol. The molecule has 1 aromatic rings. The van der Waals surface area contributed by atoms with E-state index in [0.29, 0.717) is 12.5 Å². The molecule has 20 heavy (non-hydrogen) atoms. The summed E-state index contributed by atoms with van der Waals surface area (Å²) >= 11 is 3.05. The number of sulfonamides is 1. The monoisotopic (exact) mass is 364 g/mol. The van der Waals surface area contributed by atoms with Crippen LogP contribution in [-0.4, -0.2) is 20.9 Å². The Bertz CT molecular complexity index is 644. The zero-order chi connectivity index (χ0) is 14.9. The van der Waals surface area contributed by atoms with Gasteiger partial charge in [0.15, 0.2) is 0 Å². The third-order valence-electron chi connectivity index (χ3n) is 3.11. The summed E-state index contributed by atoms with van der Waals surface area (Å²) in [7, 11) is -4.21. The van der Waals surface area contributed by atoms with E-state index in [1.165, 1.54) is 12.8 Å². The van der Waals surface area contributed by atoms with Crippen LogP contribution < -0.4 is 10.5 Å². The van der Waals surface area contributed by atoms with Crippen LogP contribution in [0.3, 0.4) is 0 Å². The van der Waals surface area contributed by atoms with Crippen LogP contribution in [0.2, 0.25) is 0 Å². The first-order chi connectivity index (χ1) is 9.29. The molecule has 0 unspecified atom stereocenters. The third kappa shape index (κ3) is 3.77. The second-order valence-electron chi connectivity index (χ2n) is 4.80. The number of rotatable bonds is 5. The normalized spacial score (nSPS) is 15.2. The molecule has 1 aromatic carbocycles. The maximum absolute atomic E-state index is 13.5. The van der Waals surface area contributed by atoms with Gasteiger partial charge in [-0.3, -0.25) is 4.79 Å². The van der Waals surface area contributed by atoms with E-state index in [1.807, 2.05) is 0 Å². The minimum atomic E-state index is -4.21. The van der Waals surface area contributed by atoms with Crippen molar-refractivity contribution in [1.82, 2.24) is 5.32 Å². The van der Waals surface area contributed by atoms with E-state index in [-0.39, 0.29) is 10.0 Å². The lowest BCUT2D eigenvalue weighted by molar-refractivity contribution is 0.0951. The van der Waals surface area contributed by atoms with Crippen LogP contribution in [0.1, 0.15) is 29.6 Å². The molecule has 0 heterocycles. The molecule has 110 valence electrons. The van der Waals surface area contributed by atoms with Gasteiger partial charge in [-0.05, 0) is 40.4 Å². The van der Waals surface area contributed by atoms with E-state index in [4.69, 9.17) is 5.14 Å². The van der Waals surface area contributed by atoms with Crippen LogP contribution in [0.5, 0.6) is 0 Å². The van der Waals surface area contributed by atoms with Gasteiger partial charge in [0.2, 0.25) is 10.0 Å². The van der Waals surface area contributed by atoms with Gasteiger partial charge in [0.25, 0.3) is 5.91 Å². The molecule has 0 bridgehead atoms. The molecular weight excluding hydrogens is 351 g/mol. The SMILES string of the molecule is NS(=O)(=O)c1cc(C(=O)NCCC2CC2)c(Br)cc1F. The predicted molar refractivity (Wildman–Crippen MR) is 75.1 cm³/mol. The zero-order valence-corrected chi connectivity index (χ0v) is 12.9. The van der Waals surface area contributed by atoms with Crippen molar-refractivity contribution in [2.24, 2.45) is 11.1 Å². The maximum Gasteiger partial charge on any atom is 0.252 e. The summed E-state index contributed by atoms with van der Waals surface area (Å²) in [5, 5.41) is 7.59. The lowest BCUT2D eigenvalue weighted by Crippen LogP contribution is -2.26. The van der Waals surface area contributed by atoms with Crippen molar-refractivity contribution in [3.63, 3.8) is 0 Å². The number of amides is 1. The molecule has 0 atom stereocenters. The second kappa shape index (κ2) is 5.79. The van der Waals surface area contributed by atoms with E-state index < -0.39 is 26.6 Å². The van der Waals surface area contributed by atoms with Gasteiger partial charge >= 0.3 is 0 Å². The van der Waals surface area contributed by atoms with Gasteiger partial charge in [0.05, 0.1) is 5.56 Å². The third-order valence-corrected chi connectivity index (χ3v) is 4.69. The molecule has 8 heteroatoms. The molecule has 1 amide bonds. The Labute approximate surface area is 124 Å². The summed E-state index contributed by atoms with van der Waals surface area (Å²) in [6.45, 7) is 0.512. The van der Waals surface area contributed by atoms with E-state index >= 15 is 0 Å². The van der Waals surface area contributed by atoms with Gasteiger partial charge < -0.3 is 5.32 Å². The highest BCUT2D eigenvalue weighted by molar-refractivity contribution is 9.10. The van der Waals surface area contributed by atoms with Crippen molar-refractivity contribution in [3.05, 3.63) is 28.0 Å². The molecule has 3 N–H and O–H groups in total. The molecule has 0 aliphatic heterocycles. The molecule has 5 nitrogen and oxygen atoms in total. The summed E-state index contributed by atoms with van der Waals surface area (Å²) in [5.41, 5.74) is 0.0474. The van der Waals surface area contributed by atoms with E-state index in [0.717, 1.165) is 18.6 Å². The second-order valence-corrected chi connectivity index (χ2v) is 7.18. The lowest BCUT2D eigenvalue weighted by Gasteiger charge is -2.09. The van der Waals surface area contributed by atoms with Gasteiger partial charge in [0.1, 0.15) is 10.7 Å². The topological polar surface area (TPSA) is 89.3 Å². The van der Waals surface area contributed by atoms with Crippen LogP contribution >= 0.6 is 15.9 Å². The Morgan fingerprint density at radius 2 is 2.10 bits per heavy atom. The summed E-state index contributed by atoms with van der Waals surface area (Å²) in [5.74, 6) is -0.775. The van der Waals surface area contributed by atoms with E-state index in [9.17, 15) is 17.6 Å². The maximum atomic E-state index is 13.5. The van der Waals surface area contributed by atoms with Crippen molar-refractivity contribution >= 4 is 31.9 Å². The Morgan fingerprint density at radius 1 is 1.45 bits per heavy atom. The average Bonchev–Trinajstić information content (AvgIpc) is 3.11. The minimum Gasteiger partial charge on any atom is -0.352 e.